The van der Waals surface area contributed by atoms with E-state index in [0.717, 1.165) is 19.4 Å². The Morgan fingerprint density at radius 3 is 2.82 bits per heavy atom. The highest BCUT2D eigenvalue weighted by molar-refractivity contribution is 5.17. The van der Waals surface area contributed by atoms with E-state index in [-0.39, 0.29) is 0 Å². The fraction of sp³-hybridized carbons (Fsp3) is 0.778. The Kier molecular flexibility index (Phi) is 1.96. The van der Waals surface area contributed by atoms with Crippen molar-refractivity contribution < 1.29 is 4.74 Å². The topological polar surface area (TPSA) is 35.2 Å². The maximum absolute atomic E-state index is 5.66. The predicted molar refractivity (Wildman–Crippen MR) is 44.3 cm³/mol. The molecule has 2 nitrogen and oxygen atoms in total. The van der Waals surface area contributed by atoms with Crippen LogP contribution >= 0.6 is 0 Å². The van der Waals surface area contributed by atoms with Gasteiger partial charge in [0.05, 0.1) is 6.10 Å². The van der Waals surface area contributed by atoms with Gasteiger partial charge in [0.1, 0.15) is 0 Å². The molecular formula is C9H15NO. The lowest BCUT2D eigenvalue weighted by molar-refractivity contribution is 0.144. The van der Waals surface area contributed by atoms with Gasteiger partial charge in [-0.1, -0.05) is 11.6 Å². The van der Waals surface area contributed by atoms with Crippen molar-refractivity contribution in [3.63, 3.8) is 0 Å². The molecule has 1 atom stereocenters. The lowest BCUT2D eigenvalue weighted by atomic mass is 9.86. The second-order valence-electron chi connectivity index (χ2n) is 3.54. The van der Waals surface area contributed by atoms with Gasteiger partial charge in [0, 0.05) is 12.6 Å². The van der Waals surface area contributed by atoms with Crippen molar-refractivity contribution in [3.05, 3.63) is 11.6 Å². The summed E-state index contributed by atoms with van der Waals surface area (Å²) in [6, 6.07) is 0.433. The quantitative estimate of drug-likeness (QED) is 0.575. The van der Waals surface area contributed by atoms with Gasteiger partial charge in [0.15, 0.2) is 0 Å². The summed E-state index contributed by atoms with van der Waals surface area (Å²) in [6.45, 7) is 0.945. The summed E-state index contributed by atoms with van der Waals surface area (Å²) in [5, 5.41) is 0. The van der Waals surface area contributed by atoms with Gasteiger partial charge < -0.3 is 10.5 Å². The molecule has 2 N–H and O–H groups in total. The molecule has 2 heteroatoms. The summed E-state index contributed by atoms with van der Waals surface area (Å²) < 4.78 is 5.48. The van der Waals surface area contributed by atoms with E-state index in [9.17, 15) is 0 Å². The van der Waals surface area contributed by atoms with Gasteiger partial charge in [-0.25, -0.2) is 0 Å². The van der Waals surface area contributed by atoms with E-state index in [1.807, 2.05) is 0 Å². The minimum Gasteiger partial charge on any atom is -0.374 e. The van der Waals surface area contributed by atoms with Gasteiger partial charge in [-0.15, -0.1) is 0 Å². The minimum absolute atomic E-state index is 0.414. The highest BCUT2D eigenvalue weighted by Gasteiger charge is 2.21. The van der Waals surface area contributed by atoms with Gasteiger partial charge in [-0.3, -0.25) is 0 Å². The summed E-state index contributed by atoms with van der Waals surface area (Å²) in [4.78, 5) is 0. The summed E-state index contributed by atoms with van der Waals surface area (Å²) in [5.74, 6) is 0. The highest BCUT2D eigenvalue weighted by atomic mass is 16.5. The van der Waals surface area contributed by atoms with Gasteiger partial charge in [0.25, 0.3) is 0 Å². The number of ether oxygens (including phenoxy) is 1. The van der Waals surface area contributed by atoms with E-state index in [2.05, 4.69) is 6.08 Å². The first kappa shape index (κ1) is 7.32. The second kappa shape index (κ2) is 2.95. The maximum Gasteiger partial charge on any atom is 0.0759 e. The van der Waals surface area contributed by atoms with Gasteiger partial charge in [-0.05, 0) is 25.7 Å². The van der Waals surface area contributed by atoms with E-state index in [4.69, 9.17) is 10.5 Å². The zero-order chi connectivity index (χ0) is 7.68. The van der Waals surface area contributed by atoms with Crippen LogP contribution in [-0.4, -0.2) is 18.8 Å². The number of hydrogen-bond acceptors (Lipinski definition) is 2. The Hall–Kier alpha value is -0.340. The largest absolute Gasteiger partial charge is 0.374 e. The SMILES string of the molecule is NC1CC(=CC2CCCO2)C1. The molecule has 0 aromatic heterocycles. The van der Waals surface area contributed by atoms with Crippen molar-refractivity contribution in [1.82, 2.24) is 0 Å². The molecule has 11 heavy (non-hydrogen) atoms. The predicted octanol–water partition coefficient (Wildman–Crippen LogP) is 1.21. The first-order valence-electron chi connectivity index (χ1n) is 4.41. The molecule has 0 bridgehead atoms. The van der Waals surface area contributed by atoms with E-state index in [1.165, 1.54) is 18.4 Å². The fourth-order valence-corrected chi connectivity index (χ4v) is 1.75. The van der Waals surface area contributed by atoms with Crippen molar-refractivity contribution in [1.29, 1.82) is 0 Å². The molecule has 1 unspecified atom stereocenters. The van der Waals surface area contributed by atoms with Crippen LogP contribution in [0, 0.1) is 0 Å². The maximum atomic E-state index is 5.66. The smallest absolute Gasteiger partial charge is 0.0759 e. The second-order valence-corrected chi connectivity index (χ2v) is 3.54. The van der Waals surface area contributed by atoms with Crippen LogP contribution in [0.15, 0.2) is 11.6 Å². The normalized spacial score (nSPS) is 37.0. The minimum atomic E-state index is 0.414. The van der Waals surface area contributed by atoms with Gasteiger partial charge in [0.2, 0.25) is 0 Å². The molecule has 2 rings (SSSR count). The Morgan fingerprint density at radius 1 is 1.45 bits per heavy atom. The Balaban J connectivity index is 1.83. The Morgan fingerprint density at radius 2 is 2.27 bits per heavy atom. The van der Waals surface area contributed by atoms with Crippen LogP contribution in [0.4, 0.5) is 0 Å². The molecule has 1 saturated carbocycles. The molecule has 2 aliphatic rings. The summed E-state index contributed by atoms with van der Waals surface area (Å²) in [5.41, 5.74) is 7.17. The third-order valence-electron chi connectivity index (χ3n) is 2.44. The lowest BCUT2D eigenvalue weighted by Gasteiger charge is -2.26. The molecule has 0 aromatic rings. The molecule has 0 spiro atoms. The first-order chi connectivity index (χ1) is 5.34. The lowest BCUT2D eigenvalue weighted by Crippen LogP contribution is -2.30. The van der Waals surface area contributed by atoms with Crippen molar-refractivity contribution >= 4 is 0 Å². The first-order valence-corrected chi connectivity index (χ1v) is 4.41. The average molecular weight is 153 g/mol. The van der Waals surface area contributed by atoms with Crippen LogP contribution in [0.1, 0.15) is 25.7 Å². The van der Waals surface area contributed by atoms with E-state index < -0.39 is 0 Å². The van der Waals surface area contributed by atoms with E-state index in [0.29, 0.717) is 12.1 Å². The van der Waals surface area contributed by atoms with Crippen LogP contribution in [0.5, 0.6) is 0 Å². The molecule has 1 aliphatic heterocycles. The van der Waals surface area contributed by atoms with Crippen LogP contribution < -0.4 is 5.73 Å². The number of hydrogen-bond donors (Lipinski definition) is 1. The monoisotopic (exact) mass is 153 g/mol. The van der Waals surface area contributed by atoms with Crippen LogP contribution in [-0.2, 0) is 4.74 Å². The van der Waals surface area contributed by atoms with E-state index >= 15 is 0 Å². The Bertz CT molecular complexity index is 162. The van der Waals surface area contributed by atoms with Crippen molar-refractivity contribution in [2.24, 2.45) is 5.73 Å². The summed E-state index contributed by atoms with van der Waals surface area (Å²) >= 11 is 0. The molecule has 1 saturated heterocycles. The van der Waals surface area contributed by atoms with Crippen LogP contribution in [0.25, 0.3) is 0 Å². The third-order valence-corrected chi connectivity index (χ3v) is 2.44. The molecule has 0 amide bonds. The van der Waals surface area contributed by atoms with E-state index in [1.54, 1.807) is 0 Å². The molecule has 1 heterocycles. The van der Waals surface area contributed by atoms with Gasteiger partial charge in [-0.2, -0.15) is 0 Å². The molecule has 62 valence electrons. The number of nitrogens with two attached hydrogens (primary N) is 1. The molecule has 0 radical (unpaired) electrons. The van der Waals surface area contributed by atoms with Crippen molar-refractivity contribution in [3.8, 4) is 0 Å². The van der Waals surface area contributed by atoms with Crippen molar-refractivity contribution in [2.75, 3.05) is 6.61 Å². The summed E-state index contributed by atoms with van der Waals surface area (Å²) in [7, 11) is 0. The van der Waals surface area contributed by atoms with Crippen molar-refractivity contribution in [2.45, 2.75) is 37.8 Å². The summed E-state index contributed by atoms with van der Waals surface area (Å²) in [6.07, 6.45) is 7.31. The molecular weight excluding hydrogens is 138 g/mol. The zero-order valence-electron chi connectivity index (χ0n) is 6.75. The van der Waals surface area contributed by atoms with Crippen LogP contribution in [0.2, 0.25) is 0 Å². The molecule has 2 fully saturated rings. The molecule has 0 aromatic carbocycles. The third kappa shape index (κ3) is 1.63. The molecule has 1 aliphatic carbocycles. The van der Waals surface area contributed by atoms with Crippen LogP contribution in [0.3, 0.4) is 0 Å². The standard InChI is InChI=1S/C9H15NO/c10-8-4-7(5-8)6-9-2-1-3-11-9/h6,8-9H,1-5,10H2. The Labute approximate surface area is 67.4 Å². The average Bonchev–Trinajstić information content (AvgIpc) is 2.36. The fourth-order valence-electron chi connectivity index (χ4n) is 1.75. The highest BCUT2D eigenvalue weighted by Crippen LogP contribution is 2.27. The number of rotatable bonds is 1. The zero-order valence-corrected chi connectivity index (χ0v) is 6.75. The van der Waals surface area contributed by atoms with Gasteiger partial charge >= 0.3 is 0 Å².